The van der Waals surface area contributed by atoms with Crippen molar-refractivity contribution in [1.29, 1.82) is 0 Å². The number of hydrogen-bond donors (Lipinski definition) is 7. The molecule has 0 heterocycles. The second-order valence-corrected chi connectivity index (χ2v) is 8.07. The molecule has 0 saturated heterocycles. The van der Waals surface area contributed by atoms with Gasteiger partial charge in [0.05, 0.1) is 12.1 Å². The lowest BCUT2D eigenvalue weighted by atomic mass is 10.1. The molecule has 13 nitrogen and oxygen atoms in total. The molecule has 0 aromatic rings. The predicted molar refractivity (Wildman–Crippen MR) is 127 cm³/mol. The standard InChI is InChI=1S/C21H44N6O7/c22-10-4-1-7-16(25)13-32-19(28)26-17(8-2-5-11-23)14-33-20(29)27-18(9-3-6-12-24)15-34-21(30)31/h16-18H,1-15,22-25H2,(H,26,28)(H,27,29)(H,30,31)/t16-,17+,18+/m0/s1. The summed E-state index contributed by atoms with van der Waals surface area (Å²) in [6.45, 7) is 1.36. The quantitative estimate of drug-likeness (QED) is 0.0706. The van der Waals surface area contributed by atoms with Crippen molar-refractivity contribution in [1.82, 2.24) is 10.6 Å². The molecule has 0 aliphatic carbocycles. The molecule has 13 heteroatoms. The number of nitrogens with one attached hydrogen (secondary N) is 2. The van der Waals surface area contributed by atoms with Gasteiger partial charge in [-0.05, 0) is 58.2 Å². The lowest BCUT2D eigenvalue weighted by Gasteiger charge is -2.21. The zero-order valence-electron chi connectivity index (χ0n) is 20.0. The molecule has 0 bridgehead atoms. The van der Waals surface area contributed by atoms with Crippen LogP contribution in [0.4, 0.5) is 14.4 Å². The zero-order chi connectivity index (χ0) is 25.6. The molecular weight excluding hydrogens is 448 g/mol. The minimum absolute atomic E-state index is 0.0708. The Kier molecular flexibility index (Phi) is 19.7. The number of hydrogen-bond acceptors (Lipinski definition) is 10. The second-order valence-electron chi connectivity index (χ2n) is 8.07. The summed E-state index contributed by atoms with van der Waals surface area (Å²) in [7, 11) is 0. The lowest BCUT2D eigenvalue weighted by molar-refractivity contribution is 0.0762. The van der Waals surface area contributed by atoms with E-state index in [-0.39, 0.29) is 25.9 Å². The smallest absolute Gasteiger partial charge is 0.450 e. The van der Waals surface area contributed by atoms with E-state index in [1.165, 1.54) is 0 Å². The van der Waals surface area contributed by atoms with E-state index in [1.54, 1.807) is 0 Å². The van der Waals surface area contributed by atoms with E-state index < -0.39 is 30.4 Å². The van der Waals surface area contributed by atoms with Gasteiger partial charge in [-0.1, -0.05) is 19.3 Å². The number of alkyl carbamates (subject to hydrolysis) is 2. The maximum atomic E-state index is 12.2. The fraction of sp³-hybridized carbons (Fsp3) is 0.857. The molecule has 0 unspecified atom stereocenters. The molecule has 0 fully saturated rings. The van der Waals surface area contributed by atoms with Crippen LogP contribution in [0.2, 0.25) is 0 Å². The van der Waals surface area contributed by atoms with Gasteiger partial charge in [-0.15, -0.1) is 0 Å². The molecule has 0 rings (SSSR count). The molecule has 0 aromatic heterocycles. The maximum Gasteiger partial charge on any atom is 0.505 e. The topological polar surface area (TPSA) is 227 Å². The van der Waals surface area contributed by atoms with Crippen molar-refractivity contribution in [2.75, 3.05) is 39.5 Å². The Hall–Kier alpha value is -2.35. The molecule has 34 heavy (non-hydrogen) atoms. The number of carbonyl (C=O) groups excluding carboxylic acids is 2. The summed E-state index contributed by atoms with van der Waals surface area (Å²) < 4.78 is 15.0. The summed E-state index contributed by atoms with van der Waals surface area (Å²) >= 11 is 0. The molecule has 2 amide bonds. The van der Waals surface area contributed by atoms with Crippen molar-refractivity contribution in [3.63, 3.8) is 0 Å². The van der Waals surface area contributed by atoms with Gasteiger partial charge in [-0.25, -0.2) is 14.4 Å². The third-order valence-electron chi connectivity index (χ3n) is 4.94. The van der Waals surface area contributed by atoms with E-state index in [0.29, 0.717) is 45.3 Å². The highest BCUT2D eigenvalue weighted by Gasteiger charge is 2.19. The van der Waals surface area contributed by atoms with Crippen LogP contribution in [0.3, 0.4) is 0 Å². The Balaban J connectivity index is 4.61. The Morgan fingerprint density at radius 3 is 1.50 bits per heavy atom. The number of amides is 2. The van der Waals surface area contributed by atoms with Gasteiger partial charge >= 0.3 is 18.3 Å². The summed E-state index contributed by atoms with van der Waals surface area (Å²) in [5, 5.41) is 14.0. The van der Waals surface area contributed by atoms with E-state index in [9.17, 15) is 14.4 Å². The molecule has 0 radical (unpaired) electrons. The number of nitrogens with two attached hydrogens (primary N) is 4. The first-order chi connectivity index (χ1) is 16.3. The SMILES string of the molecule is NCCCC[C@H](N)COC(=O)N[C@H](CCCCN)COC(=O)N[C@H](CCCCN)COC(=O)O. The molecule has 0 spiro atoms. The Morgan fingerprint density at radius 2 is 1.06 bits per heavy atom. The van der Waals surface area contributed by atoms with Gasteiger partial charge in [0.2, 0.25) is 0 Å². The van der Waals surface area contributed by atoms with Gasteiger partial charge < -0.3 is 52.9 Å². The maximum absolute atomic E-state index is 12.2. The summed E-state index contributed by atoms with van der Waals surface area (Å²) in [6.07, 6.45) is 3.50. The fourth-order valence-electron chi connectivity index (χ4n) is 3.05. The van der Waals surface area contributed by atoms with E-state index in [4.69, 9.17) is 37.5 Å². The summed E-state index contributed by atoms with van der Waals surface area (Å²) in [4.78, 5) is 35.1. The van der Waals surface area contributed by atoms with E-state index in [0.717, 1.165) is 32.1 Å². The van der Waals surface area contributed by atoms with Crippen LogP contribution in [0.1, 0.15) is 57.8 Å². The van der Waals surface area contributed by atoms with Crippen molar-refractivity contribution >= 4 is 18.3 Å². The zero-order valence-corrected chi connectivity index (χ0v) is 20.0. The lowest BCUT2D eigenvalue weighted by Crippen LogP contribution is -2.43. The highest BCUT2D eigenvalue weighted by molar-refractivity contribution is 5.69. The highest BCUT2D eigenvalue weighted by Crippen LogP contribution is 2.05. The van der Waals surface area contributed by atoms with Crippen LogP contribution in [0.15, 0.2) is 0 Å². The molecular formula is C21H44N6O7. The number of unbranched alkanes of at least 4 members (excludes halogenated alkanes) is 3. The first-order valence-electron chi connectivity index (χ1n) is 11.9. The minimum Gasteiger partial charge on any atom is -0.450 e. The molecule has 0 saturated carbocycles. The van der Waals surface area contributed by atoms with Gasteiger partial charge in [-0.3, -0.25) is 0 Å². The first-order valence-corrected chi connectivity index (χ1v) is 11.9. The Bertz CT molecular complexity index is 556. The Morgan fingerprint density at radius 1 is 0.647 bits per heavy atom. The summed E-state index contributed by atoms with van der Waals surface area (Å²) in [5.74, 6) is 0. The highest BCUT2D eigenvalue weighted by atomic mass is 16.7. The molecule has 0 aliphatic rings. The normalized spacial score (nSPS) is 13.4. The number of ether oxygens (including phenoxy) is 3. The largest absolute Gasteiger partial charge is 0.505 e. The first kappa shape index (κ1) is 31.6. The van der Waals surface area contributed by atoms with Gasteiger partial charge in [0.25, 0.3) is 0 Å². The number of carbonyl (C=O) groups is 3. The van der Waals surface area contributed by atoms with Crippen molar-refractivity contribution in [3.8, 4) is 0 Å². The second kappa shape index (κ2) is 21.2. The van der Waals surface area contributed by atoms with Crippen molar-refractivity contribution < 1.29 is 33.7 Å². The average molecular weight is 493 g/mol. The van der Waals surface area contributed by atoms with Crippen LogP contribution in [-0.2, 0) is 14.2 Å². The van der Waals surface area contributed by atoms with E-state index >= 15 is 0 Å². The number of rotatable bonds is 20. The predicted octanol–water partition coefficient (Wildman–Crippen LogP) is 0.585. The van der Waals surface area contributed by atoms with Crippen molar-refractivity contribution in [2.45, 2.75) is 75.9 Å². The van der Waals surface area contributed by atoms with Crippen LogP contribution in [0, 0.1) is 0 Å². The van der Waals surface area contributed by atoms with Crippen molar-refractivity contribution in [2.24, 2.45) is 22.9 Å². The average Bonchev–Trinajstić information content (AvgIpc) is 2.79. The van der Waals surface area contributed by atoms with Crippen LogP contribution in [0.5, 0.6) is 0 Å². The van der Waals surface area contributed by atoms with Gasteiger partial charge in [0.1, 0.15) is 19.8 Å². The molecule has 0 aliphatic heterocycles. The van der Waals surface area contributed by atoms with Crippen LogP contribution in [0.25, 0.3) is 0 Å². The van der Waals surface area contributed by atoms with E-state index in [2.05, 4.69) is 15.4 Å². The van der Waals surface area contributed by atoms with Crippen LogP contribution in [-0.4, -0.2) is 81.0 Å². The van der Waals surface area contributed by atoms with Gasteiger partial charge in [0.15, 0.2) is 0 Å². The molecule has 0 aromatic carbocycles. The summed E-state index contributed by atoms with van der Waals surface area (Å²) in [5.41, 5.74) is 22.4. The minimum atomic E-state index is -1.43. The van der Waals surface area contributed by atoms with E-state index in [1.807, 2.05) is 0 Å². The van der Waals surface area contributed by atoms with Crippen LogP contribution < -0.4 is 33.6 Å². The fourth-order valence-corrected chi connectivity index (χ4v) is 3.05. The third-order valence-corrected chi connectivity index (χ3v) is 4.94. The summed E-state index contributed by atoms with van der Waals surface area (Å²) in [6, 6.07) is -1.31. The Labute approximate surface area is 201 Å². The number of carboxylic acid groups (broad SMARTS) is 1. The van der Waals surface area contributed by atoms with Crippen LogP contribution >= 0.6 is 0 Å². The monoisotopic (exact) mass is 492 g/mol. The van der Waals surface area contributed by atoms with Gasteiger partial charge in [-0.2, -0.15) is 0 Å². The molecule has 200 valence electrons. The van der Waals surface area contributed by atoms with Crippen molar-refractivity contribution in [3.05, 3.63) is 0 Å². The van der Waals surface area contributed by atoms with Gasteiger partial charge in [0, 0.05) is 6.04 Å². The third kappa shape index (κ3) is 19.1. The molecule has 11 N–H and O–H groups in total. The molecule has 3 atom stereocenters.